The van der Waals surface area contributed by atoms with Crippen LogP contribution in [0.4, 0.5) is 0 Å². The molecule has 0 aliphatic carbocycles. The Bertz CT molecular complexity index is 506. The second-order valence-electron chi connectivity index (χ2n) is 5.13. The maximum absolute atomic E-state index is 5.93. The van der Waals surface area contributed by atoms with Crippen LogP contribution in [0.3, 0.4) is 0 Å². The van der Waals surface area contributed by atoms with Gasteiger partial charge >= 0.3 is 0 Å². The molecule has 0 amide bonds. The van der Waals surface area contributed by atoms with Crippen LogP contribution in [-0.4, -0.2) is 12.6 Å². The number of rotatable bonds is 3. The molecule has 0 radical (unpaired) electrons. The van der Waals surface area contributed by atoms with Gasteiger partial charge in [0.05, 0.1) is 0 Å². The lowest BCUT2D eigenvalue weighted by Crippen LogP contribution is -2.23. The van der Waals surface area contributed by atoms with Crippen LogP contribution in [0.1, 0.15) is 24.2 Å². The quantitative estimate of drug-likeness (QED) is 0.889. The Morgan fingerprint density at radius 3 is 2.72 bits per heavy atom. The molecule has 0 bridgehead atoms. The molecule has 3 rings (SSSR count). The van der Waals surface area contributed by atoms with Gasteiger partial charge in [0.2, 0.25) is 0 Å². The summed E-state index contributed by atoms with van der Waals surface area (Å²) in [4.78, 5) is 0. The van der Waals surface area contributed by atoms with Gasteiger partial charge in [-0.05, 0) is 38.4 Å². The summed E-state index contributed by atoms with van der Waals surface area (Å²) in [7, 11) is 0. The zero-order valence-electron chi connectivity index (χ0n) is 10.8. The van der Waals surface area contributed by atoms with Crippen LogP contribution in [0.25, 0.3) is 11.3 Å². The van der Waals surface area contributed by atoms with Gasteiger partial charge in [0.15, 0.2) is 0 Å². The monoisotopic (exact) mass is 241 g/mol. The van der Waals surface area contributed by atoms with Gasteiger partial charge in [0, 0.05) is 18.0 Å². The minimum Gasteiger partial charge on any atom is -0.461 e. The second-order valence-corrected chi connectivity index (χ2v) is 5.13. The maximum atomic E-state index is 5.93. The summed E-state index contributed by atoms with van der Waals surface area (Å²) < 4.78 is 5.93. The van der Waals surface area contributed by atoms with E-state index in [1.54, 1.807) is 0 Å². The van der Waals surface area contributed by atoms with Gasteiger partial charge in [-0.1, -0.05) is 29.8 Å². The molecule has 1 aromatic carbocycles. The van der Waals surface area contributed by atoms with Crippen molar-refractivity contribution in [3.63, 3.8) is 0 Å². The minimum atomic E-state index is 0.599. The Balaban J connectivity index is 1.74. The number of nitrogens with one attached hydrogen (secondary N) is 1. The fraction of sp³-hybridized carbons (Fsp3) is 0.375. The van der Waals surface area contributed by atoms with Crippen molar-refractivity contribution >= 4 is 0 Å². The van der Waals surface area contributed by atoms with Gasteiger partial charge in [0.1, 0.15) is 11.5 Å². The molecule has 1 atom stereocenters. The molecular weight excluding hydrogens is 222 g/mol. The molecule has 2 nitrogen and oxygen atoms in total. The molecule has 1 saturated heterocycles. The van der Waals surface area contributed by atoms with Crippen LogP contribution >= 0.6 is 0 Å². The highest BCUT2D eigenvalue weighted by atomic mass is 16.3. The van der Waals surface area contributed by atoms with Crippen molar-refractivity contribution in [2.24, 2.45) is 0 Å². The lowest BCUT2D eigenvalue weighted by atomic mass is 10.1. The standard InChI is InChI=1S/C16H19NO/c1-12-4-6-13(7-5-12)16-9-8-15(18-16)11-14-3-2-10-17-14/h4-9,14,17H,2-3,10-11H2,1H3. The molecule has 94 valence electrons. The van der Waals surface area contributed by atoms with E-state index in [0.29, 0.717) is 6.04 Å². The summed E-state index contributed by atoms with van der Waals surface area (Å²) in [5.41, 5.74) is 2.44. The number of benzene rings is 1. The highest BCUT2D eigenvalue weighted by molar-refractivity contribution is 5.57. The molecule has 2 aromatic rings. The van der Waals surface area contributed by atoms with Gasteiger partial charge in [-0.3, -0.25) is 0 Å². The van der Waals surface area contributed by atoms with Gasteiger partial charge in [-0.2, -0.15) is 0 Å². The van der Waals surface area contributed by atoms with Gasteiger partial charge < -0.3 is 9.73 Å². The summed E-state index contributed by atoms with van der Waals surface area (Å²) >= 11 is 0. The molecule has 18 heavy (non-hydrogen) atoms. The van der Waals surface area contributed by atoms with E-state index >= 15 is 0 Å². The maximum Gasteiger partial charge on any atom is 0.134 e. The van der Waals surface area contributed by atoms with Crippen LogP contribution in [0.15, 0.2) is 40.8 Å². The first-order valence-electron chi connectivity index (χ1n) is 6.70. The molecule has 1 N–H and O–H groups in total. The van der Waals surface area contributed by atoms with Crippen molar-refractivity contribution in [3.8, 4) is 11.3 Å². The fourth-order valence-corrected chi connectivity index (χ4v) is 2.53. The average Bonchev–Trinajstić information content (AvgIpc) is 3.02. The first-order valence-corrected chi connectivity index (χ1v) is 6.70. The van der Waals surface area contributed by atoms with E-state index in [9.17, 15) is 0 Å². The Kier molecular flexibility index (Phi) is 3.20. The van der Waals surface area contributed by atoms with Crippen molar-refractivity contribution in [2.75, 3.05) is 6.54 Å². The van der Waals surface area contributed by atoms with E-state index in [1.165, 1.54) is 18.4 Å². The zero-order valence-corrected chi connectivity index (χ0v) is 10.8. The molecule has 1 unspecified atom stereocenters. The van der Waals surface area contributed by atoms with Crippen LogP contribution in [0.2, 0.25) is 0 Å². The molecule has 1 aliphatic rings. The van der Waals surface area contributed by atoms with E-state index in [2.05, 4.69) is 48.6 Å². The van der Waals surface area contributed by atoms with Crippen LogP contribution < -0.4 is 5.32 Å². The van der Waals surface area contributed by atoms with Crippen LogP contribution in [0.5, 0.6) is 0 Å². The third kappa shape index (κ3) is 2.49. The van der Waals surface area contributed by atoms with Crippen molar-refractivity contribution in [2.45, 2.75) is 32.2 Å². The Morgan fingerprint density at radius 2 is 2.00 bits per heavy atom. The SMILES string of the molecule is Cc1ccc(-c2ccc(CC3CCCN3)o2)cc1. The highest BCUT2D eigenvalue weighted by Crippen LogP contribution is 2.24. The number of hydrogen-bond acceptors (Lipinski definition) is 2. The smallest absolute Gasteiger partial charge is 0.134 e. The predicted molar refractivity (Wildman–Crippen MR) is 73.6 cm³/mol. The van der Waals surface area contributed by atoms with Crippen molar-refractivity contribution in [1.29, 1.82) is 0 Å². The van der Waals surface area contributed by atoms with Crippen LogP contribution in [0, 0.1) is 6.92 Å². The van der Waals surface area contributed by atoms with Gasteiger partial charge in [-0.15, -0.1) is 0 Å². The van der Waals surface area contributed by atoms with Gasteiger partial charge in [0.25, 0.3) is 0 Å². The summed E-state index contributed by atoms with van der Waals surface area (Å²) in [5, 5.41) is 3.50. The topological polar surface area (TPSA) is 25.2 Å². The van der Waals surface area contributed by atoms with E-state index in [1.807, 2.05) is 0 Å². The minimum absolute atomic E-state index is 0.599. The fourth-order valence-electron chi connectivity index (χ4n) is 2.53. The largest absolute Gasteiger partial charge is 0.461 e. The van der Waals surface area contributed by atoms with Crippen molar-refractivity contribution in [3.05, 3.63) is 47.7 Å². The molecule has 2 heteroatoms. The molecule has 1 aliphatic heterocycles. The zero-order chi connectivity index (χ0) is 12.4. The van der Waals surface area contributed by atoms with Crippen LogP contribution in [-0.2, 0) is 6.42 Å². The molecule has 1 aromatic heterocycles. The average molecular weight is 241 g/mol. The summed E-state index contributed by atoms with van der Waals surface area (Å²) in [6.45, 7) is 3.25. The molecule has 2 heterocycles. The lowest BCUT2D eigenvalue weighted by Gasteiger charge is -2.06. The molecular formula is C16H19NO. The highest BCUT2D eigenvalue weighted by Gasteiger charge is 2.16. The second kappa shape index (κ2) is 4.99. The Morgan fingerprint density at radius 1 is 1.17 bits per heavy atom. The normalized spacial score (nSPS) is 19.3. The first-order chi connectivity index (χ1) is 8.81. The Labute approximate surface area is 108 Å². The third-order valence-corrected chi connectivity index (χ3v) is 3.61. The Hall–Kier alpha value is -1.54. The number of furan rings is 1. The van der Waals surface area contributed by atoms with E-state index in [0.717, 1.165) is 30.0 Å². The van der Waals surface area contributed by atoms with E-state index in [-0.39, 0.29) is 0 Å². The lowest BCUT2D eigenvalue weighted by molar-refractivity contribution is 0.478. The predicted octanol–water partition coefficient (Wildman–Crippen LogP) is 3.55. The third-order valence-electron chi connectivity index (χ3n) is 3.61. The number of hydrogen-bond donors (Lipinski definition) is 1. The molecule has 1 fully saturated rings. The van der Waals surface area contributed by atoms with E-state index in [4.69, 9.17) is 4.42 Å². The van der Waals surface area contributed by atoms with E-state index < -0.39 is 0 Å². The summed E-state index contributed by atoms with van der Waals surface area (Å²) in [5.74, 6) is 2.06. The van der Waals surface area contributed by atoms with Crippen molar-refractivity contribution < 1.29 is 4.42 Å². The van der Waals surface area contributed by atoms with Gasteiger partial charge in [-0.25, -0.2) is 0 Å². The first kappa shape index (κ1) is 11.5. The summed E-state index contributed by atoms with van der Waals surface area (Å²) in [6, 6.07) is 13.3. The van der Waals surface area contributed by atoms with Crippen molar-refractivity contribution in [1.82, 2.24) is 5.32 Å². The summed E-state index contributed by atoms with van der Waals surface area (Å²) in [6.07, 6.45) is 3.56. The molecule has 0 saturated carbocycles. The number of aryl methyl sites for hydroxylation is 1. The molecule has 0 spiro atoms.